The summed E-state index contributed by atoms with van der Waals surface area (Å²) in [5, 5.41) is 12.3. The monoisotopic (exact) mass is 332 g/mol. The average molecular weight is 333 g/mol. The smallest absolute Gasteiger partial charge is 0.205 e. The topological polar surface area (TPSA) is 87.2 Å². The van der Waals surface area contributed by atoms with Crippen LogP contribution in [0.3, 0.4) is 0 Å². The molecule has 3 aromatic rings. The number of tetrazole rings is 1. The third-order valence-electron chi connectivity index (χ3n) is 3.87. The molecule has 0 spiro atoms. The van der Waals surface area contributed by atoms with E-state index >= 15 is 0 Å². The number of hydrogen-bond donors (Lipinski definition) is 0. The lowest BCUT2D eigenvalue weighted by molar-refractivity contribution is 0.545. The van der Waals surface area contributed by atoms with Gasteiger partial charge in [0, 0.05) is 5.41 Å². The number of hydrogen-bond acceptors (Lipinski definition) is 6. The Kier molecular flexibility index (Phi) is 3.12. The molecule has 8 nitrogen and oxygen atoms in total. The number of rotatable bonds is 3. The van der Waals surface area contributed by atoms with E-state index in [1.54, 1.807) is 6.20 Å². The van der Waals surface area contributed by atoms with Crippen LogP contribution in [0, 0.1) is 0 Å². The Bertz CT molecular complexity index is 871. The minimum absolute atomic E-state index is 0.147. The summed E-state index contributed by atoms with van der Waals surface area (Å²) in [5.41, 5.74) is 1.24. The van der Waals surface area contributed by atoms with Crippen LogP contribution in [0.4, 0.5) is 0 Å². The lowest BCUT2D eigenvalue weighted by Gasteiger charge is -2.16. The summed E-state index contributed by atoms with van der Waals surface area (Å²) in [6.07, 6.45) is 3.95. The van der Waals surface area contributed by atoms with Gasteiger partial charge in [-0.25, -0.2) is 19.6 Å². The van der Waals surface area contributed by atoms with Crippen LogP contribution >= 0.6 is 11.6 Å². The van der Waals surface area contributed by atoms with Crippen molar-refractivity contribution in [2.75, 3.05) is 0 Å². The number of aromatic nitrogens is 8. The van der Waals surface area contributed by atoms with Crippen LogP contribution in [0.1, 0.15) is 51.3 Å². The molecule has 120 valence electrons. The molecule has 0 saturated heterocycles. The molecule has 0 aromatic carbocycles. The molecule has 0 aliphatic heterocycles. The van der Waals surface area contributed by atoms with Crippen molar-refractivity contribution in [2.24, 2.45) is 0 Å². The van der Waals surface area contributed by atoms with Gasteiger partial charge in [0.15, 0.2) is 11.5 Å². The van der Waals surface area contributed by atoms with E-state index in [-0.39, 0.29) is 5.41 Å². The zero-order valence-electron chi connectivity index (χ0n) is 13.2. The minimum Gasteiger partial charge on any atom is -0.291 e. The molecule has 3 heterocycles. The second-order valence-corrected chi connectivity index (χ2v) is 7.23. The summed E-state index contributed by atoms with van der Waals surface area (Å²) in [6, 6.07) is 0.410. The molecule has 1 aliphatic carbocycles. The number of halogens is 1. The molecule has 3 aromatic heterocycles. The third kappa shape index (κ3) is 2.56. The molecular formula is C14H17ClN8. The third-order valence-corrected chi connectivity index (χ3v) is 4.15. The average Bonchev–Trinajstić information content (AvgIpc) is 3.15. The van der Waals surface area contributed by atoms with Gasteiger partial charge in [0.25, 0.3) is 0 Å². The molecule has 1 fully saturated rings. The lowest BCUT2D eigenvalue weighted by atomic mass is 9.96. The molecule has 0 amide bonds. The van der Waals surface area contributed by atoms with Gasteiger partial charge in [0.05, 0.1) is 18.8 Å². The molecule has 23 heavy (non-hydrogen) atoms. The molecule has 0 radical (unpaired) electrons. The van der Waals surface area contributed by atoms with E-state index in [1.807, 2.05) is 9.25 Å². The van der Waals surface area contributed by atoms with E-state index in [4.69, 9.17) is 11.6 Å². The van der Waals surface area contributed by atoms with Gasteiger partial charge in [-0.15, -0.1) is 5.10 Å². The fourth-order valence-electron chi connectivity index (χ4n) is 2.45. The summed E-state index contributed by atoms with van der Waals surface area (Å²) in [5.74, 6) is 1.52. The predicted molar refractivity (Wildman–Crippen MR) is 84.2 cm³/mol. The number of fused-ring (bicyclic) bond motifs is 1. The predicted octanol–water partition coefficient (Wildman–Crippen LogP) is 2.15. The quantitative estimate of drug-likeness (QED) is 0.683. The maximum absolute atomic E-state index is 6.30. The van der Waals surface area contributed by atoms with E-state index in [1.165, 1.54) is 0 Å². The van der Waals surface area contributed by atoms with Crippen molar-refractivity contribution >= 4 is 22.8 Å². The van der Waals surface area contributed by atoms with Crippen molar-refractivity contribution in [1.29, 1.82) is 0 Å². The van der Waals surface area contributed by atoms with Gasteiger partial charge in [-0.05, 0) is 34.9 Å². The highest BCUT2D eigenvalue weighted by Crippen LogP contribution is 2.34. The summed E-state index contributed by atoms with van der Waals surface area (Å²) in [6.45, 7) is 6.66. The first-order valence-corrected chi connectivity index (χ1v) is 7.97. The Hall–Kier alpha value is -2.09. The zero-order valence-corrected chi connectivity index (χ0v) is 14.0. The SMILES string of the molecule is CC(C)(C)c1ncc2nc(Cl)n(Cc3nnnn3C3CC3)c2n1. The molecule has 0 atom stereocenters. The molecule has 1 aliphatic rings. The zero-order chi connectivity index (χ0) is 16.2. The van der Waals surface area contributed by atoms with Gasteiger partial charge in [0.2, 0.25) is 5.28 Å². The Morgan fingerprint density at radius 3 is 2.74 bits per heavy atom. The van der Waals surface area contributed by atoms with Crippen molar-refractivity contribution in [1.82, 2.24) is 39.7 Å². The first kappa shape index (κ1) is 14.5. The standard InChI is InChI=1S/C14H17ClN8/c1-14(2,3)12-16-6-9-11(18-12)22(13(15)17-9)7-10-19-20-21-23(10)8-4-5-8/h6,8H,4-5,7H2,1-3H3. The lowest BCUT2D eigenvalue weighted by Crippen LogP contribution is -2.16. The van der Waals surface area contributed by atoms with Crippen LogP contribution in [-0.2, 0) is 12.0 Å². The Morgan fingerprint density at radius 1 is 1.26 bits per heavy atom. The van der Waals surface area contributed by atoms with Gasteiger partial charge in [0.1, 0.15) is 11.3 Å². The molecule has 0 unspecified atom stereocenters. The van der Waals surface area contributed by atoms with Crippen LogP contribution in [0.15, 0.2) is 6.20 Å². The Morgan fingerprint density at radius 2 is 2.04 bits per heavy atom. The van der Waals surface area contributed by atoms with Gasteiger partial charge in [-0.1, -0.05) is 20.8 Å². The normalized spacial score (nSPS) is 15.5. The van der Waals surface area contributed by atoms with Crippen LogP contribution in [-0.4, -0.2) is 39.7 Å². The van der Waals surface area contributed by atoms with Gasteiger partial charge in [-0.2, -0.15) is 0 Å². The van der Waals surface area contributed by atoms with E-state index in [2.05, 4.69) is 51.2 Å². The Balaban J connectivity index is 1.79. The molecule has 1 saturated carbocycles. The number of imidazole rings is 1. The summed E-state index contributed by atoms with van der Waals surface area (Å²) in [4.78, 5) is 13.4. The van der Waals surface area contributed by atoms with Crippen molar-refractivity contribution in [2.45, 2.75) is 51.6 Å². The fraction of sp³-hybridized carbons (Fsp3) is 0.571. The summed E-state index contributed by atoms with van der Waals surface area (Å²) < 4.78 is 3.70. The van der Waals surface area contributed by atoms with Crippen molar-refractivity contribution in [3.63, 3.8) is 0 Å². The Labute approximate surface area is 137 Å². The van der Waals surface area contributed by atoms with Crippen LogP contribution in [0.5, 0.6) is 0 Å². The second kappa shape index (κ2) is 4.95. The highest BCUT2D eigenvalue weighted by atomic mass is 35.5. The first-order valence-electron chi connectivity index (χ1n) is 7.59. The second-order valence-electron chi connectivity index (χ2n) is 6.89. The molecule has 4 rings (SSSR count). The fourth-order valence-corrected chi connectivity index (χ4v) is 2.68. The molecular weight excluding hydrogens is 316 g/mol. The first-order chi connectivity index (χ1) is 10.9. The van der Waals surface area contributed by atoms with Gasteiger partial charge < -0.3 is 0 Å². The van der Waals surface area contributed by atoms with E-state index in [0.29, 0.717) is 29.0 Å². The van der Waals surface area contributed by atoms with Crippen molar-refractivity contribution < 1.29 is 0 Å². The van der Waals surface area contributed by atoms with E-state index in [0.717, 1.165) is 24.5 Å². The molecule has 0 bridgehead atoms. The largest absolute Gasteiger partial charge is 0.291 e. The van der Waals surface area contributed by atoms with Crippen LogP contribution < -0.4 is 0 Å². The van der Waals surface area contributed by atoms with E-state index in [9.17, 15) is 0 Å². The molecule has 9 heteroatoms. The summed E-state index contributed by atoms with van der Waals surface area (Å²) >= 11 is 6.30. The number of nitrogens with zero attached hydrogens (tertiary/aromatic N) is 8. The highest BCUT2D eigenvalue weighted by molar-refractivity contribution is 6.29. The maximum atomic E-state index is 6.30. The maximum Gasteiger partial charge on any atom is 0.205 e. The van der Waals surface area contributed by atoms with Crippen molar-refractivity contribution in [3.8, 4) is 0 Å². The molecule has 0 N–H and O–H groups in total. The van der Waals surface area contributed by atoms with Crippen LogP contribution in [0.25, 0.3) is 11.2 Å². The van der Waals surface area contributed by atoms with Gasteiger partial charge >= 0.3 is 0 Å². The minimum atomic E-state index is -0.147. The highest BCUT2D eigenvalue weighted by Gasteiger charge is 2.28. The van der Waals surface area contributed by atoms with Gasteiger partial charge in [-0.3, -0.25) is 4.57 Å². The van der Waals surface area contributed by atoms with Crippen LogP contribution in [0.2, 0.25) is 5.28 Å². The van der Waals surface area contributed by atoms with E-state index < -0.39 is 0 Å². The summed E-state index contributed by atoms with van der Waals surface area (Å²) in [7, 11) is 0. The van der Waals surface area contributed by atoms with Crippen molar-refractivity contribution in [3.05, 3.63) is 23.1 Å².